The highest BCUT2D eigenvalue weighted by molar-refractivity contribution is 5.95. The zero-order chi connectivity index (χ0) is 23.9. The summed E-state index contributed by atoms with van der Waals surface area (Å²) < 4.78 is 1.81. The number of rotatable bonds is 7. The molecular formula is C26H26N6O2. The summed E-state index contributed by atoms with van der Waals surface area (Å²) in [6.07, 6.45) is 5.36. The van der Waals surface area contributed by atoms with Crippen LogP contribution >= 0.6 is 0 Å². The van der Waals surface area contributed by atoms with Gasteiger partial charge >= 0.3 is 6.03 Å². The van der Waals surface area contributed by atoms with Crippen molar-refractivity contribution in [1.29, 1.82) is 0 Å². The van der Waals surface area contributed by atoms with Crippen LogP contribution in [0.2, 0.25) is 0 Å². The van der Waals surface area contributed by atoms with Gasteiger partial charge < -0.3 is 16.0 Å². The van der Waals surface area contributed by atoms with Crippen LogP contribution in [0.4, 0.5) is 10.5 Å². The van der Waals surface area contributed by atoms with Gasteiger partial charge in [-0.2, -0.15) is 5.10 Å². The molecule has 0 unspecified atom stereocenters. The fourth-order valence-corrected chi connectivity index (χ4v) is 3.42. The van der Waals surface area contributed by atoms with Crippen LogP contribution in [0.5, 0.6) is 0 Å². The van der Waals surface area contributed by atoms with Gasteiger partial charge in [-0.25, -0.2) is 9.48 Å². The summed E-state index contributed by atoms with van der Waals surface area (Å²) in [6, 6.07) is 20.1. The van der Waals surface area contributed by atoms with E-state index in [9.17, 15) is 9.59 Å². The number of para-hydroxylation sites is 1. The molecule has 2 aromatic carbocycles. The Morgan fingerprint density at radius 3 is 2.32 bits per heavy atom. The molecule has 0 radical (unpaired) electrons. The van der Waals surface area contributed by atoms with Crippen LogP contribution in [0.15, 0.2) is 85.3 Å². The second kappa shape index (κ2) is 10.4. The molecule has 8 heteroatoms. The number of aromatic nitrogens is 3. The van der Waals surface area contributed by atoms with Crippen LogP contribution in [-0.4, -0.2) is 32.7 Å². The Labute approximate surface area is 198 Å². The van der Waals surface area contributed by atoms with Crippen LogP contribution in [0.25, 0.3) is 16.9 Å². The van der Waals surface area contributed by atoms with Crippen molar-refractivity contribution in [2.45, 2.75) is 26.4 Å². The maximum absolute atomic E-state index is 12.8. The second-order valence-electron chi connectivity index (χ2n) is 8.03. The van der Waals surface area contributed by atoms with E-state index in [2.05, 4.69) is 20.9 Å². The van der Waals surface area contributed by atoms with E-state index in [1.807, 2.05) is 62.5 Å². The predicted molar refractivity (Wildman–Crippen MR) is 132 cm³/mol. The number of hydrogen-bond acceptors (Lipinski definition) is 4. The molecule has 0 spiro atoms. The van der Waals surface area contributed by atoms with Crippen LogP contribution in [0.3, 0.4) is 0 Å². The molecule has 0 aliphatic carbocycles. The summed E-state index contributed by atoms with van der Waals surface area (Å²) in [5, 5.41) is 13.2. The van der Waals surface area contributed by atoms with Crippen molar-refractivity contribution >= 4 is 17.6 Å². The smallest absolute Gasteiger partial charge is 0.319 e. The average molecular weight is 455 g/mol. The Hall–Kier alpha value is -4.46. The van der Waals surface area contributed by atoms with Crippen LogP contribution in [0.1, 0.15) is 29.8 Å². The first-order valence-corrected chi connectivity index (χ1v) is 11.0. The quantitative estimate of drug-likeness (QED) is 0.385. The van der Waals surface area contributed by atoms with Gasteiger partial charge in [0.2, 0.25) is 0 Å². The third-order valence-electron chi connectivity index (χ3n) is 5.03. The van der Waals surface area contributed by atoms with Gasteiger partial charge in [-0.15, -0.1) is 0 Å². The van der Waals surface area contributed by atoms with Gasteiger partial charge in [0.1, 0.15) is 0 Å². The normalized spacial score (nSPS) is 10.7. The van der Waals surface area contributed by atoms with Crippen molar-refractivity contribution in [2.24, 2.45) is 0 Å². The van der Waals surface area contributed by atoms with E-state index in [1.165, 1.54) is 0 Å². The molecule has 0 saturated carbocycles. The Morgan fingerprint density at radius 2 is 1.65 bits per heavy atom. The summed E-state index contributed by atoms with van der Waals surface area (Å²) in [4.78, 5) is 28.7. The van der Waals surface area contributed by atoms with Gasteiger partial charge in [0, 0.05) is 53.6 Å². The summed E-state index contributed by atoms with van der Waals surface area (Å²) in [5.74, 6) is -0.216. The van der Waals surface area contributed by atoms with E-state index in [1.54, 1.807) is 41.3 Å². The molecule has 8 nitrogen and oxygen atoms in total. The van der Waals surface area contributed by atoms with Gasteiger partial charge in [0.15, 0.2) is 0 Å². The first-order valence-electron chi connectivity index (χ1n) is 11.0. The van der Waals surface area contributed by atoms with Crippen LogP contribution in [0, 0.1) is 0 Å². The van der Waals surface area contributed by atoms with Crippen LogP contribution in [-0.2, 0) is 6.54 Å². The largest absolute Gasteiger partial charge is 0.348 e. The fourth-order valence-electron chi connectivity index (χ4n) is 3.42. The van der Waals surface area contributed by atoms with Gasteiger partial charge in [-0.05, 0) is 62.4 Å². The average Bonchev–Trinajstić information content (AvgIpc) is 3.28. The number of hydrogen-bond donors (Lipinski definition) is 3. The monoisotopic (exact) mass is 454 g/mol. The number of carbonyl (C=O) groups is 2. The molecular weight excluding hydrogens is 428 g/mol. The molecule has 0 saturated heterocycles. The van der Waals surface area contributed by atoms with Gasteiger partial charge in [-0.1, -0.05) is 18.2 Å². The summed E-state index contributed by atoms with van der Waals surface area (Å²) in [7, 11) is 0. The maximum Gasteiger partial charge on any atom is 0.319 e. The first-order chi connectivity index (χ1) is 16.5. The number of nitrogens with zero attached hydrogens (tertiary/aromatic N) is 3. The highest BCUT2D eigenvalue weighted by Crippen LogP contribution is 2.23. The molecule has 4 aromatic rings. The summed E-state index contributed by atoms with van der Waals surface area (Å²) in [6.45, 7) is 4.08. The molecule has 0 aliphatic heterocycles. The lowest BCUT2D eigenvalue weighted by molar-refractivity contribution is 0.0951. The van der Waals surface area contributed by atoms with Crippen molar-refractivity contribution < 1.29 is 9.59 Å². The molecule has 4 rings (SSSR count). The van der Waals surface area contributed by atoms with Crippen molar-refractivity contribution in [1.82, 2.24) is 25.4 Å². The molecule has 2 heterocycles. The second-order valence-corrected chi connectivity index (χ2v) is 8.03. The standard InChI is InChI=1S/C26H26N6O2/c1-18(2)29-26(34)30-22-10-8-20(9-11-22)25(33)28-16-21-17-32(23-6-4-3-5-7-23)31-24(21)19-12-14-27-15-13-19/h3-15,17-18H,16H2,1-2H3,(H,28,33)(H2,29,30,34). The van der Waals surface area contributed by atoms with Crippen molar-refractivity contribution in [3.63, 3.8) is 0 Å². The summed E-state index contributed by atoms with van der Waals surface area (Å²) >= 11 is 0. The Morgan fingerprint density at radius 1 is 0.941 bits per heavy atom. The number of pyridine rings is 1. The fraction of sp³-hybridized carbons (Fsp3) is 0.154. The first kappa shape index (κ1) is 22.7. The van der Waals surface area contributed by atoms with Crippen molar-refractivity contribution in [2.75, 3.05) is 5.32 Å². The molecule has 3 amide bonds. The van der Waals surface area contributed by atoms with E-state index in [4.69, 9.17) is 5.10 Å². The number of nitrogens with one attached hydrogen (secondary N) is 3. The number of anilines is 1. The molecule has 0 aliphatic rings. The SMILES string of the molecule is CC(C)NC(=O)Nc1ccc(C(=O)NCc2cn(-c3ccccc3)nc2-c2ccncc2)cc1. The molecule has 0 bridgehead atoms. The number of carbonyl (C=O) groups excluding carboxylic acids is 2. The molecule has 0 atom stereocenters. The van der Waals surface area contributed by atoms with Crippen LogP contribution < -0.4 is 16.0 Å². The van der Waals surface area contributed by atoms with Gasteiger partial charge in [0.05, 0.1) is 11.4 Å². The molecule has 3 N–H and O–H groups in total. The number of benzene rings is 2. The van der Waals surface area contributed by atoms with Crippen molar-refractivity contribution in [3.05, 3.63) is 96.4 Å². The minimum atomic E-state index is -0.286. The Bertz CT molecular complexity index is 1250. The number of amides is 3. The van der Waals surface area contributed by atoms with E-state index < -0.39 is 0 Å². The Balaban J connectivity index is 1.48. The zero-order valence-corrected chi connectivity index (χ0v) is 19.0. The minimum absolute atomic E-state index is 0.0355. The lowest BCUT2D eigenvalue weighted by atomic mass is 10.1. The third kappa shape index (κ3) is 5.66. The van der Waals surface area contributed by atoms with Gasteiger partial charge in [-0.3, -0.25) is 9.78 Å². The molecule has 172 valence electrons. The van der Waals surface area contributed by atoms with E-state index in [0.29, 0.717) is 17.8 Å². The molecule has 2 aromatic heterocycles. The zero-order valence-electron chi connectivity index (χ0n) is 19.0. The van der Waals surface area contributed by atoms with E-state index in [-0.39, 0.29) is 18.0 Å². The summed E-state index contributed by atoms with van der Waals surface area (Å²) in [5.41, 5.74) is 4.62. The third-order valence-corrected chi connectivity index (χ3v) is 5.03. The maximum atomic E-state index is 12.8. The lowest BCUT2D eigenvalue weighted by Crippen LogP contribution is -2.34. The highest BCUT2D eigenvalue weighted by atomic mass is 16.2. The molecule has 0 fully saturated rings. The van der Waals surface area contributed by atoms with Crippen molar-refractivity contribution in [3.8, 4) is 16.9 Å². The van der Waals surface area contributed by atoms with Gasteiger partial charge in [0.25, 0.3) is 5.91 Å². The number of urea groups is 1. The Kier molecular flexibility index (Phi) is 6.98. The lowest BCUT2D eigenvalue weighted by Gasteiger charge is -2.10. The predicted octanol–water partition coefficient (Wildman–Crippen LogP) is 4.39. The topological polar surface area (TPSA) is 101 Å². The molecule has 34 heavy (non-hydrogen) atoms. The highest BCUT2D eigenvalue weighted by Gasteiger charge is 2.14. The minimum Gasteiger partial charge on any atom is -0.348 e. The van der Waals surface area contributed by atoms with E-state index in [0.717, 1.165) is 22.5 Å². The van der Waals surface area contributed by atoms with E-state index >= 15 is 0 Å².